The molecular formula is C20H30N4O2S. The highest BCUT2D eigenvalue weighted by Gasteiger charge is 2.02. The van der Waals surface area contributed by atoms with Gasteiger partial charge in [-0.15, -0.1) is 11.3 Å². The van der Waals surface area contributed by atoms with Crippen LogP contribution in [0.5, 0.6) is 5.75 Å². The van der Waals surface area contributed by atoms with Gasteiger partial charge in [-0.3, -0.25) is 0 Å². The van der Waals surface area contributed by atoms with E-state index >= 15 is 0 Å². The van der Waals surface area contributed by atoms with Gasteiger partial charge in [0, 0.05) is 30.8 Å². The average molecular weight is 391 g/mol. The molecule has 0 aliphatic rings. The van der Waals surface area contributed by atoms with Gasteiger partial charge in [0.15, 0.2) is 5.96 Å². The average Bonchev–Trinajstić information content (AvgIpc) is 3.17. The standard InChI is InChI=1S/C20H30N4O2S/c1-4-18-13-23-19(27-18)14-24-20(21-5-2)22-11-6-12-26-15-16-7-9-17(25-3)10-8-16/h7-10,13H,4-6,11-12,14-15H2,1-3H3,(H2,21,22,24). The van der Waals surface area contributed by atoms with Crippen molar-refractivity contribution in [2.45, 2.75) is 39.8 Å². The number of aromatic nitrogens is 1. The lowest BCUT2D eigenvalue weighted by Gasteiger charge is -2.11. The van der Waals surface area contributed by atoms with Gasteiger partial charge >= 0.3 is 0 Å². The quantitative estimate of drug-likeness (QED) is 0.350. The Balaban J connectivity index is 1.65. The van der Waals surface area contributed by atoms with Gasteiger partial charge in [0.05, 0.1) is 20.3 Å². The monoisotopic (exact) mass is 390 g/mol. The number of methoxy groups -OCH3 is 1. The Bertz CT molecular complexity index is 686. The van der Waals surface area contributed by atoms with Crippen LogP contribution in [0.15, 0.2) is 35.5 Å². The fourth-order valence-electron chi connectivity index (χ4n) is 2.37. The molecule has 0 atom stereocenters. The molecule has 0 saturated carbocycles. The molecule has 1 aromatic heterocycles. The van der Waals surface area contributed by atoms with E-state index in [4.69, 9.17) is 9.47 Å². The maximum absolute atomic E-state index is 5.73. The Morgan fingerprint density at radius 3 is 2.67 bits per heavy atom. The minimum atomic E-state index is 0.605. The summed E-state index contributed by atoms with van der Waals surface area (Å²) in [5, 5.41) is 7.66. The third-order valence-corrected chi connectivity index (χ3v) is 4.98. The van der Waals surface area contributed by atoms with Gasteiger partial charge in [-0.05, 0) is 37.5 Å². The van der Waals surface area contributed by atoms with Crippen molar-refractivity contribution < 1.29 is 9.47 Å². The van der Waals surface area contributed by atoms with Crippen LogP contribution in [-0.2, 0) is 24.3 Å². The molecule has 0 amide bonds. The van der Waals surface area contributed by atoms with Crippen molar-refractivity contribution in [2.24, 2.45) is 4.99 Å². The minimum absolute atomic E-state index is 0.605. The highest BCUT2D eigenvalue weighted by Crippen LogP contribution is 2.14. The Morgan fingerprint density at radius 2 is 2.00 bits per heavy atom. The van der Waals surface area contributed by atoms with Crippen LogP contribution in [0.3, 0.4) is 0 Å². The van der Waals surface area contributed by atoms with Gasteiger partial charge in [-0.2, -0.15) is 0 Å². The molecule has 0 saturated heterocycles. The number of hydrogen-bond acceptors (Lipinski definition) is 5. The van der Waals surface area contributed by atoms with E-state index in [2.05, 4.69) is 34.5 Å². The van der Waals surface area contributed by atoms with Gasteiger partial charge in [0.2, 0.25) is 0 Å². The van der Waals surface area contributed by atoms with Crippen molar-refractivity contribution in [1.82, 2.24) is 15.6 Å². The molecule has 0 aliphatic heterocycles. The fraction of sp³-hybridized carbons (Fsp3) is 0.500. The molecule has 0 aliphatic carbocycles. The molecule has 0 unspecified atom stereocenters. The molecule has 0 spiro atoms. The highest BCUT2D eigenvalue weighted by atomic mass is 32.1. The number of ether oxygens (including phenoxy) is 2. The summed E-state index contributed by atoms with van der Waals surface area (Å²) in [7, 11) is 1.67. The van der Waals surface area contributed by atoms with Gasteiger partial charge in [0.1, 0.15) is 10.8 Å². The van der Waals surface area contributed by atoms with Crippen LogP contribution in [0.1, 0.15) is 35.7 Å². The number of aliphatic imine (C=N–C) groups is 1. The zero-order valence-corrected chi connectivity index (χ0v) is 17.3. The molecule has 7 heteroatoms. The van der Waals surface area contributed by atoms with Gasteiger partial charge in [-0.25, -0.2) is 9.98 Å². The Kier molecular flexibility index (Phi) is 9.65. The van der Waals surface area contributed by atoms with E-state index in [9.17, 15) is 0 Å². The lowest BCUT2D eigenvalue weighted by atomic mass is 10.2. The van der Waals surface area contributed by atoms with Gasteiger partial charge in [0.25, 0.3) is 0 Å². The number of rotatable bonds is 11. The van der Waals surface area contributed by atoms with Crippen molar-refractivity contribution in [3.8, 4) is 5.75 Å². The first kappa shape index (κ1) is 21.2. The molecule has 6 nitrogen and oxygen atoms in total. The van der Waals surface area contributed by atoms with E-state index in [0.29, 0.717) is 19.8 Å². The van der Waals surface area contributed by atoms with E-state index in [0.717, 1.165) is 48.2 Å². The van der Waals surface area contributed by atoms with Crippen LogP contribution in [0.25, 0.3) is 0 Å². The van der Waals surface area contributed by atoms with Crippen LogP contribution in [0, 0.1) is 0 Å². The first-order valence-electron chi connectivity index (χ1n) is 9.41. The predicted molar refractivity (Wildman–Crippen MR) is 112 cm³/mol. The highest BCUT2D eigenvalue weighted by molar-refractivity contribution is 7.11. The lowest BCUT2D eigenvalue weighted by Crippen LogP contribution is -2.38. The summed E-state index contributed by atoms with van der Waals surface area (Å²) in [6.45, 7) is 7.77. The second kappa shape index (κ2) is 12.3. The smallest absolute Gasteiger partial charge is 0.191 e. The number of nitrogens with zero attached hydrogens (tertiary/aromatic N) is 2. The van der Waals surface area contributed by atoms with E-state index in [1.807, 2.05) is 30.5 Å². The molecule has 0 fully saturated rings. The zero-order chi connectivity index (χ0) is 19.3. The Hall–Kier alpha value is -2.12. The van der Waals surface area contributed by atoms with Crippen molar-refractivity contribution in [1.29, 1.82) is 0 Å². The topological polar surface area (TPSA) is 67.8 Å². The zero-order valence-electron chi connectivity index (χ0n) is 16.5. The molecule has 0 bridgehead atoms. The predicted octanol–water partition coefficient (Wildman–Crippen LogP) is 3.38. The number of benzene rings is 1. The first-order valence-corrected chi connectivity index (χ1v) is 10.2. The van der Waals surface area contributed by atoms with E-state index in [-0.39, 0.29) is 0 Å². The molecule has 2 N–H and O–H groups in total. The SMILES string of the molecule is CCNC(=NCc1ncc(CC)s1)NCCCOCc1ccc(OC)cc1. The van der Waals surface area contributed by atoms with Crippen molar-refractivity contribution >= 4 is 17.3 Å². The summed E-state index contributed by atoms with van der Waals surface area (Å²) in [4.78, 5) is 10.3. The summed E-state index contributed by atoms with van der Waals surface area (Å²) in [5.74, 6) is 1.68. The number of nitrogens with one attached hydrogen (secondary N) is 2. The lowest BCUT2D eigenvalue weighted by molar-refractivity contribution is 0.119. The molecule has 148 valence electrons. The van der Waals surface area contributed by atoms with Gasteiger partial charge in [-0.1, -0.05) is 19.1 Å². The van der Waals surface area contributed by atoms with Crippen molar-refractivity contribution in [3.05, 3.63) is 45.9 Å². The summed E-state index contributed by atoms with van der Waals surface area (Å²) < 4.78 is 10.9. The molecule has 0 radical (unpaired) electrons. The molecule has 27 heavy (non-hydrogen) atoms. The maximum Gasteiger partial charge on any atom is 0.191 e. The minimum Gasteiger partial charge on any atom is -0.497 e. The number of guanidine groups is 1. The molecule has 1 heterocycles. The normalized spacial score (nSPS) is 11.4. The van der Waals surface area contributed by atoms with Crippen molar-refractivity contribution in [2.75, 3.05) is 26.8 Å². The van der Waals surface area contributed by atoms with Crippen LogP contribution < -0.4 is 15.4 Å². The molecule has 1 aromatic carbocycles. The Morgan fingerprint density at radius 1 is 1.19 bits per heavy atom. The van der Waals surface area contributed by atoms with Gasteiger partial charge < -0.3 is 20.1 Å². The van der Waals surface area contributed by atoms with E-state index < -0.39 is 0 Å². The first-order chi connectivity index (χ1) is 13.2. The largest absolute Gasteiger partial charge is 0.497 e. The molecule has 2 rings (SSSR count). The van der Waals surface area contributed by atoms with Crippen molar-refractivity contribution in [3.63, 3.8) is 0 Å². The molecule has 2 aromatic rings. The second-order valence-corrected chi connectivity index (χ2v) is 7.15. The summed E-state index contributed by atoms with van der Waals surface area (Å²) >= 11 is 1.73. The number of aryl methyl sites for hydroxylation is 1. The summed E-state index contributed by atoms with van der Waals surface area (Å²) in [6.07, 6.45) is 3.88. The number of thiazole rings is 1. The van der Waals surface area contributed by atoms with Crippen LogP contribution in [-0.4, -0.2) is 37.7 Å². The van der Waals surface area contributed by atoms with E-state index in [1.165, 1.54) is 4.88 Å². The second-order valence-electron chi connectivity index (χ2n) is 5.95. The third kappa shape index (κ3) is 7.97. The summed E-state index contributed by atoms with van der Waals surface area (Å²) in [5.41, 5.74) is 1.15. The van der Waals surface area contributed by atoms with Crippen LogP contribution in [0.2, 0.25) is 0 Å². The summed E-state index contributed by atoms with van der Waals surface area (Å²) in [6, 6.07) is 7.95. The maximum atomic E-state index is 5.73. The van der Waals surface area contributed by atoms with Crippen LogP contribution in [0.4, 0.5) is 0 Å². The Labute approximate surface area is 166 Å². The third-order valence-electron chi connectivity index (χ3n) is 3.85. The fourth-order valence-corrected chi connectivity index (χ4v) is 3.15. The van der Waals surface area contributed by atoms with E-state index in [1.54, 1.807) is 18.4 Å². The number of hydrogen-bond donors (Lipinski definition) is 2. The van der Waals surface area contributed by atoms with Crippen LogP contribution >= 0.6 is 11.3 Å². The molecular weight excluding hydrogens is 360 g/mol.